The fourth-order valence-electron chi connectivity index (χ4n) is 4.20. The molecule has 0 aromatic heterocycles. The lowest BCUT2D eigenvalue weighted by Crippen LogP contribution is -2.39. The van der Waals surface area contributed by atoms with Crippen LogP contribution in [0.3, 0.4) is 0 Å². The Hall–Kier alpha value is -1.09. The highest BCUT2D eigenvalue weighted by molar-refractivity contribution is 6.00. The van der Waals surface area contributed by atoms with E-state index in [-0.39, 0.29) is 5.78 Å². The second-order valence-corrected chi connectivity index (χ2v) is 8.18. The number of likely N-dealkylation sites (tertiary alicyclic amines) is 1. The Morgan fingerprint density at radius 2 is 1.52 bits per heavy atom. The van der Waals surface area contributed by atoms with Crippen molar-refractivity contribution in [1.29, 1.82) is 0 Å². The second kappa shape index (κ2) is 16.7. The van der Waals surface area contributed by atoms with Crippen LogP contribution in [0.1, 0.15) is 114 Å². The van der Waals surface area contributed by atoms with Crippen molar-refractivity contribution in [2.24, 2.45) is 11.1 Å². The van der Waals surface area contributed by atoms with Crippen LogP contribution < -0.4 is 5.73 Å². The average molecular weight is 409 g/mol. The first kappa shape index (κ1) is 30.1. The van der Waals surface area contributed by atoms with Crippen LogP contribution in [0.2, 0.25) is 0 Å². The smallest absolute Gasteiger partial charge is 0.164 e. The minimum atomic E-state index is 0.233. The number of hydrogen-bond acceptors (Lipinski definition) is 3. The maximum Gasteiger partial charge on any atom is 0.164 e. The van der Waals surface area contributed by atoms with E-state index in [0.717, 1.165) is 24.8 Å². The number of rotatable bonds is 4. The summed E-state index contributed by atoms with van der Waals surface area (Å²) in [6, 6.07) is 0. The van der Waals surface area contributed by atoms with Crippen molar-refractivity contribution in [3.8, 4) is 0 Å². The zero-order chi connectivity index (χ0) is 23.0. The molecule has 1 aliphatic carbocycles. The molecule has 2 rings (SSSR count). The van der Waals surface area contributed by atoms with Gasteiger partial charge in [-0.15, -0.1) is 0 Å². The molecule has 1 fully saturated rings. The minimum Gasteiger partial charge on any atom is -0.402 e. The van der Waals surface area contributed by atoms with Crippen molar-refractivity contribution >= 4 is 5.78 Å². The van der Waals surface area contributed by atoms with Gasteiger partial charge in [0.05, 0.1) is 0 Å². The zero-order valence-electron chi connectivity index (χ0n) is 21.5. The lowest BCUT2D eigenvalue weighted by atomic mass is 9.65. The van der Waals surface area contributed by atoms with Gasteiger partial charge < -0.3 is 10.6 Å². The Labute approximate surface area is 183 Å². The molecule has 172 valence electrons. The fourth-order valence-corrected chi connectivity index (χ4v) is 4.20. The summed E-state index contributed by atoms with van der Waals surface area (Å²) in [7, 11) is 2.21. The van der Waals surface area contributed by atoms with Crippen LogP contribution >= 0.6 is 0 Å². The number of allylic oxidation sites excluding steroid dienone is 4. The highest BCUT2D eigenvalue weighted by Crippen LogP contribution is 2.48. The lowest BCUT2D eigenvalue weighted by Gasteiger charge is -2.44. The predicted octanol–water partition coefficient (Wildman–Crippen LogP) is 7.27. The van der Waals surface area contributed by atoms with Gasteiger partial charge in [0.15, 0.2) is 5.78 Å². The molecule has 29 heavy (non-hydrogen) atoms. The van der Waals surface area contributed by atoms with E-state index in [4.69, 9.17) is 5.73 Å². The van der Waals surface area contributed by atoms with E-state index in [1.54, 1.807) is 0 Å². The van der Waals surface area contributed by atoms with Gasteiger partial charge in [-0.25, -0.2) is 0 Å². The maximum atomic E-state index is 12.5. The molecule has 0 aromatic carbocycles. The zero-order valence-corrected chi connectivity index (χ0v) is 21.5. The first-order valence-corrected chi connectivity index (χ1v) is 12.2. The first-order valence-electron chi connectivity index (χ1n) is 12.2. The van der Waals surface area contributed by atoms with E-state index in [9.17, 15) is 4.79 Å². The summed E-state index contributed by atoms with van der Waals surface area (Å²) in [5, 5.41) is 0. The monoisotopic (exact) mass is 408 g/mol. The van der Waals surface area contributed by atoms with Crippen molar-refractivity contribution < 1.29 is 4.79 Å². The molecule has 1 spiro atoms. The number of carbonyl (C=O) groups excluding carboxylic acids is 1. The fraction of sp³-hybridized carbons (Fsp3) is 0.808. The van der Waals surface area contributed by atoms with E-state index in [2.05, 4.69) is 39.6 Å². The molecule has 1 heterocycles. The number of ketones is 1. The molecular formula is C26H52N2O. The van der Waals surface area contributed by atoms with Crippen LogP contribution in [0.4, 0.5) is 0 Å². The Morgan fingerprint density at radius 3 is 1.90 bits per heavy atom. The van der Waals surface area contributed by atoms with Gasteiger partial charge in [0.1, 0.15) is 0 Å². The summed E-state index contributed by atoms with van der Waals surface area (Å²) in [5.74, 6) is 0.233. The largest absolute Gasteiger partial charge is 0.402 e. The molecule has 3 heteroatoms. The van der Waals surface area contributed by atoms with Crippen LogP contribution in [-0.4, -0.2) is 30.8 Å². The molecule has 0 saturated carbocycles. The highest BCUT2D eigenvalue weighted by atomic mass is 16.1. The van der Waals surface area contributed by atoms with Crippen LogP contribution in [0.25, 0.3) is 0 Å². The summed E-state index contributed by atoms with van der Waals surface area (Å²) in [4.78, 5) is 14.9. The Morgan fingerprint density at radius 1 is 1.03 bits per heavy atom. The van der Waals surface area contributed by atoms with E-state index >= 15 is 0 Å². The van der Waals surface area contributed by atoms with Crippen LogP contribution in [0, 0.1) is 5.41 Å². The maximum absolute atomic E-state index is 12.5. The van der Waals surface area contributed by atoms with Crippen molar-refractivity contribution in [1.82, 2.24) is 4.90 Å². The Balaban J connectivity index is 0. The summed E-state index contributed by atoms with van der Waals surface area (Å²) in [6.45, 7) is 20.8. The van der Waals surface area contributed by atoms with E-state index in [0.29, 0.717) is 17.5 Å². The highest BCUT2D eigenvalue weighted by Gasteiger charge is 2.37. The normalized spacial score (nSPS) is 19.0. The topological polar surface area (TPSA) is 46.3 Å². The lowest BCUT2D eigenvalue weighted by molar-refractivity contribution is -0.115. The first-order chi connectivity index (χ1) is 13.8. The molecule has 3 nitrogen and oxygen atoms in total. The second-order valence-electron chi connectivity index (χ2n) is 8.18. The van der Waals surface area contributed by atoms with Gasteiger partial charge in [0.2, 0.25) is 0 Å². The molecule has 0 unspecified atom stereocenters. The van der Waals surface area contributed by atoms with E-state index < -0.39 is 0 Å². The van der Waals surface area contributed by atoms with Crippen molar-refractivity contribution in [2.75, 3.05) is 20.1 Å². The van der Waals surface area contributed by atoms with E-state index in [1.165, 1.54) is 49.9 Å². The van der Waals surface area contributed by atoms with Gasteiger partial charge in [-0.3, -0.25) is 4.79 Å². The number of Topliss-reactive ketones (excluding diaryl/α,β-unsaturated/α-hetero) is 1. The Bertz CT molecular complexity index is 505. The third kappa shape index (κ3) is 9.98. The van der Waals surface area contributed by atoms with Gasteiger partial charge in [-0.05, 0) is 83.5 Å². The predicted molar refractivity (Wildman–Crippen MR) is 131 cm³/mol. The average Bonchev–Trinajstić information content (AvgIpc) is 2.70. The van der Waals surface area contributed by atoms with Crippen molar-refractivity contribution in [2.45, 2.75) is 114 Å². The minimum absolute atomic E-state index is 0.233. The quantitative estimate of drug-likeness (QED) is 0.497. The molecule has 2 aliphatic rings. The number of nitrogens with zero attached hydrogens (tertiary/aromatic N) is 1. The van der Waals surface area contributed by atoms with Crippen molar-refractivity contribution in [3.05, 3.63) is 22.4 Å². The number of hydrogen-bond donors (Lipinski definition) is 1. The van der Waals surface area contributed by atoms with Crippen LogP contribution in [0.15, 0.2) is 22.4 Å². The molecule has 2 N–H and O–H groups in total. The summed E-state index contributed by atoms with van der Waals surface area (Å²) >= 11 is 0. The van der Waals surface area contributed by atoms with Gasteiger partial charge in [-0.2, -0.15) is 0 Å². The molecule has 0 bridgehead atoms. The Kier molecular flexibility index (Phi) is 17.3. The van der Waals surface area contributed by atoms with Gasteiger partial charge in [-0.1, -0.05) is 60.5 Å². The summed E-state index contributed by atoms with van der Waals surface area (Å²) < 4.78 is 0. The van der Waals surface area contributed by atoms with Gasteiger partial charge in [0, 0.05) is 17.7 Å². The van der Waals surface area contributed by atoms with Crippen LogP contribution in [0.5, 0.6) is 0 Å². The molecule has 0 radical (unpaired) electrons. The summed E-state index contributed by atoms with van der Waals surface area (Å²) in [5.41, 5.74) is 10.7. The number of carbonyl (C=O) groups is 1. The number of nitrogens with two attached hydrogens (primary N) is 1. The molecule has 1 aliphatic heterocycles. The van der Waals surface area contributed by atoms with Gasteiger partial charge >= 0.3 is 0 Å². The molecule has 1 saturated heterocycles. The standard InChI is InChI=1S/C19H32N2O.C3H8.2C2H6/c1-5-6-17(22)18(15(3)20)16-7-8-19(13-14(16)2)9-11-21(4)12-10-19;1-3-2;2*1-2/h5-13,20H2,1-4H3;3H2,1-2H3;2*1-2H3/b18-15-;;;. The van der Waals surface area contributed by atoms with Crippen molar-refractivity contribution in [3.63, 3.8) is 0 Å². The molecular weight excluding hydrogens is 356 g/mol. The third-order valence-corrected chi connectivity index (χ3v) is 5.56. The summed E-state index contributed by atoms with van der Waals surface area (Å²) in [6.07, 6.45) is 8.70. The SMILES string of the molecule is CC.CC.CCC.CCCC(=O)/C(C1=C(C)CC2(CC1)CCN(C)CC2)=C(/C)N. The van der Waals surface area contributed by atoms with Gasteiger partial charge in [0.25, 0.3) is 0 Å². The molecule has 0 amide bonds. The van der Waals surface area contributed by atoms with Crippen LogP contribution in [-0.2, 0) is 4.79 Å². The van der Waals surface area contributed by atoms with E-state index in [1.807, 2.05) is 34.6 Å². The molecule has 0 atom stereocenters. The number of piperidine rings is 1. The third-order valence-electron chi connectivity index (χ3n) is 5.56. The molecule has 0 aromatic rings.